The van der Waals surface area contributed by atoms with Gasteiger partial charge in [-0.25, -0.2) is 4.39 Å². The lowest BCUT2D eigenvalue weighted by molar-refractivity contribution is -0.137. The van der Waals surface area contributed by atoms with Gasteiger partial charge in [0.25, 0.3) is 0 Å². The third kappa shape index (κ3) is 3.97. The second kappa shape index (κ2) is 7.06. The van der Waals surface area contributed by atoms with Gasteiger partial charge in [-0.05, 0) is 49.6 Å². The number of piperidine rings is 1. The molecule has 0 amide bonds. The van der Waals surface area contributed by atoms with E-state index in [1.54, 1.807) is 12.1 Å². The highest BCUT2D eigenvalue weighted by Crippen LogP contribution is 2.35. The Kier molecular flexibility index (Phi) is 5.02. The second-order valence-corrected chi connectivity index (χ2v) is 6.69. The average Bonchev–Trinajstić information content (AvgIpc) is 2.61. The number of halogens is 4. The van der Waals surface area contributed by atoms with Crippen LogP contribution in [0.5, 0.6) is 0 Å². The van der Waals surface area contributed by atoms with E-state index < -0.39 is 18.4 Å². The average molecular weight is 351 g/mol. The normalized spacial score (nSPS) is 21.4. The van der Waals surface area contributed by atoms with Gasteiger partial charge in [-0.2, -0.15) is 13.2 Å². The van der Waals surface area contributed by atoms with Gasteiger partial charge in [0.2, 0.25) is 0 Å². The summed E-state index contributed by atoms with van der Waals surface area (Å²) in [5, 5.41) is 0. The fourth-order valence-corrected chi connectivity index (χ4v) is 3.46. The second-order valence-electron chi connectivity index (χ2n) is 6.69. The van der Waals surface area contributed by atoms with Gasteiger partial charge < -0.3 is 4.90 Å². The van der Waals surface area contributed by atoms with Crippen LogP contribution < -0.4 is 4.90 Å². The standard InChI is InChI=1S/C20H21F4N/c1-14-2-9-18(10-3-14)25-13-16(6-11-19(25)12-21)15-4-7-17(8-5-15)20(22,23)24/h2-5,7-10,16,19H,6,11-13H2,1H3/t16?,19-/m0/s1. The van der Waals surface area contributed by atoms with E-state index in [4.69, 9.17) is 0 Å². The molecule has 2 aromatic rings. The molecular formula is C20H21F4N. The first-order valence-corrected chi connectivity index (χ1v) is 8.45. The molecule has 1 nitrogen and oxygen atoms in total. The number of hydrogen-bond acceptors (Lipinski definition) is 1. The van der Waals surface area contributed by atoms with Crippen LogP contribution in [0.25, 0.3) is 0 Å². The van der Waals surface area contributed by atoms with Crippen LogP contribution in [-0.2, 0) is 6.18 Å². The predicted octanol–water partition coefficient (Wildman–Crippen LogP) is 5.74. The first-order valence-electron chi connectivity index (χ1n) is 8.45. The maximum atomic E-state index is 13.4. The first-order chi connectivity index (χ1) is 11.9. The van der Waals surface area contributed by atoms with Gasteiger partial charge in [0.05, 0.1) is 11.6 Å². The summed E-state index contributed by atoms with van der Waals surface area (Å²) < 4.78 is 51.6. The molecule has 0 bridgehead atoms. The fourth-order valence-electron chi connectivity index (χ4n) is 3.46. The van der Waals surface area contributed by atoms with Crippen LogP contribution in [0.1, 0.15) is 35.4 Å². The quantitative estimate of drug-likeness (QED) is 0.638. The Morgan fingerprint density at radius 1 is 0.960 bits per heavy atom. The van der Waals surface area contributed by atoms with Gasteiger partial charge in [0, 0.05) is 18.2 Å². The molecule has 5 heteroatoms. The molecule has 1 heterocycles. The summed E-state index contributed by atoms with van der Waals surface area (Å²) in [5.74, 6) is 0.103. The predicted molar refractivity (Wildman–Crippen MR) is 91.7 cm³/mol. The maximum absolute atomic E-state index is 13.4. The van der Waals surface area contributed by atoms with E-state index in [0.717, 1.165) is 35.4 Å². The fraction of sp³-hybridized carbons (Fsp3) is 0.400. The van der Waals surface area contributed by atoms with Gasteiger partial charge in [-0.3, -0.25) is 0 Å². The van der Waals surface area contributed by atoms with E-state index >= 15 is 0 Å². The van der Waals surface area contributed by atoms with Crippen molar-refractivity contribution < 1.29 is 17.6 Å². The monoisotopic (exact) mass is 351 g/mol. The highest BCUT2D eigenvalue weighted by molar-refractivity contribution is 5.50. The van der Waals surface area contributed by atoms with Crippen LogP contribution in [0.15, 0.2) is 48.5 Å². The van der Waals surface area contributed by atoms with Gasteiger partial charge in [-0.15, -0.1) is 0 Å². The summed E-state index contributed by atoms with van der Waals surface area (Å²) >= 11 is 0. The van der Waals surface area contributed by atoms with E-state index in [9.17, 15) is 17.6 Å². The van der Waals surface area contributed by atoms with Gasteiger partial charge >= 0.3 is 6.18 Å². The van der Waals surface area contributed by atoms with Crippen LogP contribution >= 0.6 is 0 Å². The number of anilines is 1. The van der Waals surface area contributed by atoms with Crippen molar-refractivity contribution in [2.45, 2.75) is 37.9 Å². The molecule has 134 valence electrons. The van der Waals surface area contributed by atoms with Crippen LogP contribution in [-0.4, -0.2) is 19.3 Å². The summed E-state index contributed by atoms with van der Waals surface area (Å²) in [6.45, 7) is 2.19. The molecule has 0 N–H and O–H groups in total. The number of rotatable bonds is 3. The minimum absolute atomic E-state index is 0.103. The number of alkyl halides is 4. The Morgan fingerprint density at radius 2 is 1.60 bits per heavy atom. The Hall–Kier alpha value is -2.04. The van der Waals surface area contributed by atoms with Crippen molar-refractivity contribution in [3.8, 4) is 0 Å². The summed E-state index contributed by atoms with van der Waals surface area (Å²) in [6, 6.07) is 13.1. The van der Waals surface area contributed by atoms with E-state index in [1.807, 2.05) is 36.1 Å². The minimum atomic E-state index is -4.32. The van der Waals surface area contributed by atoms with Gasteiger partial charge in [-0.1, -0.05) is 29.8 Å². The molecule has 0 saturated carbocycles. The van der Waals surface area contributed by atoms with Crippen LogP contribution in [0.2, 0.25) is 0 Å². The summed E-state index contributed by atoms with van der Waals surface area (Å²) in [5.41, 5.74) is 2.34. The molecule has 25 heavy (non-hydrogen) atoms. The Balaban J connectivity index is 1.81. The summed E-state index contributed by atoms with van der Waals surface area (Å²) in [7, 11) is 0. The van der Waals surface area contributed by atoms with Crippen molar-refractivity contribution in [3.05, 3.63) is 65.2 Å². The van der Waals surface area contributed by atoms with Crippen molar-refractivity contribution in [1.82, 2.24) is 0 Å². The Labute approximate surface area is 145 Å². The number of nitrogens with zero attached hydrogens (tertiary/aromatic N) is 1. The molecular weight excluding hydrogens is 330 g/mol. The van der Waals surface area contributed by atoms with E-state index in [-0.39, 0.29) is 12.0 Å². The van der Waals surface area contributed by atoms with Crippen LogP contribution in [0.3, 0.4) is 0 Å². The zero-order chi connectivity index (χ0) is 18.0. The molecule has 1 aliphatic rings. The minimum Gasteiger partial charge on any atom is -0.365 e. The zero-order valence-electron chi connectivity index (χ0n) is 14.1. The maximum Gasteiger partial charge on any atom is 0.416 e. The molecule has 0 spiro atoms. The molecule has 2 aromatic carbocycles. The lowest BCUT2D eigenvalue weighted by Crippen LogP contribution is -2.44. The third-order valence-electron chi connectivity index (χ3n) is 4.96. The number of benzene rings is 2. The molecule has 0 radical (unpaired) electrons. The highest BCUT2D eigenvalue weighted by Gasteiger charge is 2.32. The van der Waals surface area contributed by atoms with Crippen molar-refractivity contribution >= 4 is 5.69 Å². The first kappa shape index (κ1) is 17.8. The van der Waals surface area contributed by atoms with Gasteiger partial charge in [0.15, 0.2) is 0 Å². The molecule has 0 aliphatic carbocycles. The molecule has 0 aromatic heterocycles. The van der Waals surface area contributed by atoms with E-state index in [2.05, 4.69) is 0 Å². The molecule has 1 saturated heterocycles. The Morgan fingerprint density at radius 3 is 2.16 bits per heavy atom. The third-order valence-corrected chi connectivity index (χ3v) is 4.96. The van der Waals surface area contributed by atoms with Crippen molar-refractivity contribution in [2.75, 3.05) is 18.1 Å². The zero-order valence-corrected chi connectivity index (χ0v) is 14.1. The molecule has 1 fully saturated rings. The summed E-state index contributed by atoms with van der Waals surface area (Å²) in [4.78, 5) is 2.05. The van der Waals surface area contributed by atoms with Crippen LogP contribution in [0.4, 0.5) is 23.2 Å². The molecule has 1 unspecified atom stereocenters. The lowest BCUT2D eigenvalue weighted by atomic mass is 9.86. The van der Waals surface area contributed by atoms with Crippen LogP contribution in [0, 0.1) is 6.92 Å². The van der Waals surface area contributed by atoms with Crippen molar-refractivity contribution in [2.24, 2.45) is 0 Å². The van der Waals surface area contributed by atoms with Crippen molar-refractivity contribution in [3.63, 3.8) is 0 Å². The topological polar surface area (TPSA) is 3.24 Å². The molecule has 1 aliphatic heterocycles. The largest absolute Gasteiger partial charge is 0.416 e. The van der Waals surface area contributed by atoms with E-state index in [0.29, 0.717) is 13.0 Å². The Bertz CT molecular complexity index is 691. The van der Waals surface area contributed by atoms with Gasteiger partial charge in [0.1, 0.15) is 6.67 Å². The summed E-state index contributed by atoms with van der Waals surface area (Å²) in [6.07, 6.45) is -2.85. The lowest BCUT2D eigenvalue weighted by Gasteiger charge is -2.40. The highest BCUT2D eigenvalue weighted by atomic mass is 19.4. The number of aryl methyl sites for hydroxylation is 1. The number of hydrogen-bond donors (Lipinski definition) is 0. The smallest absolute Gasteiger partial charge is 0.365 e. The SMILES string of the molecule is Cc1ccc(N2CC(c3ccc(C(F)(F)F)cc3)CC[C@H]2CF)cc1. The van der Waals surface area contributed by atoms with Crippen molar-refractivity contribution in [1.29, 1.82) is 0 Å². The van der Waals surface area contributed by atoms with E-state index in [1.165, 1.54) is 0 Å². The molecule has 3 rings (SSSR count). The molecule has 2 atom stereocenters.